The number of nitrogens with one attached hydrogen (secondary N) is 2. The van der Waals surface area contributed by atoms with Gasteiger partial charge in [-0.3, -0.25) is 14.4 Å². The van der Waals surface area contributed by atoms with Crippen molar-refractivity contribution >= 4 is 40.1 Å². The van der Waals surface area contributed by atoms with Crippen molar-refractivity contribution in [3.63, 3.8) is 0 Å². The number of carbonyl (C=O) groups excluding carboxylic acids is 4. The summed E-state index contributed by atoms with van der Waals surface area (Å²) in [4.78, 5) is 48.9. The summed E-state index contributed by atoms with van der Waals surface area (Å²) < 4.78 is 10.2. The van der Waals surface area contributed by atoms with Crippen LogP contribution in [-0.4, -0.2) is 44.0 Å². The normalized spacial score (nSPS) is 14.2. The van der Waals surface area contributed by atoms with Gasteiger partial charge in [0, 0.05) is 7.05 Å². The maximum absolute atomic E-state index is 12.3. The van der Waals surface area contributed by atoms with E-state index < -0.39 is 18.5 Å². The van der Waals surface area contributed by atoms with Crippen LogP contribution in [0.1, 0.15) is 64.6 Å². The maximum Gasteiger partial charge on any atom is 0.341 e. The average molecular weight is 410 g/mol. The highest BCUT2D eigenvalue weighted by atomic mass is 32.1. The van der Waals surface area contributed by atoms with Gasteiger partial charge in [-0.2, -0.15) is 0 Å². The lowest BCUT2D eigenvalue weighted by molar-refractivity contribution is -0.152. The largest absolute Gasteiger partial charge is 0.462 e. The van der Waals surface area contributed by atoms with Crippen molar-refractivity contribution in [2.45, 2.75) is 46.0 Å². The fourth-order valence-corrected chi connectivity index (χ4v) is 4.29. The molecule has 1 aliphatic carbocycles. The summed E-state index contributed by atoms with van der Waals surface area (Å²) in [5, 5.41) is 5.27. The topological polar surface area (TPSA) is 111 Å². The summed E-state index contributed by atoms with van der Waals surface area (Å²) in [6, 6.07) is 0. The predicted octanol–water partition coefficient (Wildman–Crippen LogP) is 2.65. The molecule has 1 aliphatic rings. The van der Waals surface area contributed by atoms with Crippen LogP contribution in [-0.2, 0) is 19.1 Å². The molecule has 8 nitrogen and oxygen atoms in total. The highest BCUT2D eigenvalue weighted by molar-refractivity contribution is 7.18. The molecule has 0 atom stereocenters. The Morgan fingerprint density at radius 2 is 1.79 bits per heavy atom. The molecule has 0 unspecified atom stereocenters. The van der Waals surface area contributed by atoms with E-state index in [0.29, 0.717) is 10.4 Å². The van der Waals surface area contributed by atoms with Crippen molar-refractivity contribution in [2.24, 2.45) is 5.92 Å². The van der Waals surface area contributed by atoms with Crippen molar-refractivity contribution in [1.29, 1.82) is 0 Å². The van der Waals surface area contributed by atoms with E-state index in [9.17, 15) is 19.2 Å². The van der Waals surface area contributed by atoms with Gasteiger partial charge < -0.3 is 20.1 Å². The van der Waals surface area contributed by atoms with E-state index in [4.69, 9.17) is 9.47 Å². The molecule has 0 aromatic carbocycles. The first-order valence-corrected chi connectivity index (χ1v) is 10.2. The van der Waals surface area contributed by atoms with Crippen molar-refractivity contribution in [3.05, 3.63) is 16.0 Å². The van der Waals surface area contributed by atoms with E-state index >= 15 is 0 Å². The molecular weight excluding hydrogens is 384 g/mol. The Morgan fingerprint density at radius 1 is 1.11 bits per heavy atom. The maximum atomic E-state index is 12.3. The van der Waals surface area contributed by atoms with Crippen LogP contribution in [0.2, 0.25) is 0 Å². The lowest BCUT2D eigenvalue weighted by Gasteiger charge is -2.19. The van der Waals surface area contributed by atoms with Crippen molar-refractivity contribution in [3.8, 4) is 0 Å². The van der Waals surface area contributed by atoms with E-state index in [0.717, 1.165) is 43.4 Å². The number of thiophene rings is 1. The third kappa shape index (κ3) is 5.31. The molecule has 1 aromatic heterocycles. The van der Waals surface area contributed by atoms with Crippen LogP contribution >= 0.6 is 11.3 Å². The van der Waals surface area contributed by atoms with E-state index in [1.54, 1.807) is 13.8 Å². The molecule has 1 aromatic rings. The van der Waals surface area contributed by atoms with Gasteiger partial charge in [0.25, 0.3) is 11.8 Å². The van der Waals surface area contributed by atoms with Crippen LogP contribution in [0.3, 0.4) is 0 Å². The van der Waals surface area contributed by atoms with Crippen LogP contribution < -0.4 is 10.6 Å². The number of anilines is 1. The minimum absolute atomic E-state index is 0.136. The summed E-state index contributed by atoms with van der Waals surface area (Å²) >= 11 is 0.978. The quantitative estimate of drug-likeness (QED) is 0.669. The minimum atomic E-state index is -0.624. The molecule has 0 saturated heterocycles. The van der Waals surface area contributed by atoms with Gasteiger partial charge >= 0.3 is 11.9 Å². The Balaban J connectivity index is 2.08. The average Bonchev–Trinajstić information content (AvgIpc) is 3.02. The summed E-state index contributed by atoms with van der Waals surface area (Å²) in [5.41, 5.74) is 0.565. The predicted molar refractivity (Wildman–Crippen MR) is 105 cm³/mol. The number of amides is 2. The number of rotatable bonds is 7. The van der Waals surface area contributed by atoms with Gasteiger partial charge in [-0.1, -0.05) is 19.3 Å². The Bertz CT molecular complexity index is 752. The molecule has 0 spiro atoms. The highest BCUT2D eigenvalue weighted by Gasteiger charge is 2.27. The molecule has 154 valence electrons. The van der Waals surface area contributed by atoms with Crippen LogP contribution in [0.5, 0.6) is 0 Å². The first-order valence-electron chi connectivity index (χ1n) is 9.38. The summed E-state index contributed by atoms with van der Waals surface area (Å²) in [5.74, 6) is -2.08. The molecule has 2 rings (SSSR count). The fraction of sp³-hybridized carbons (Fsp3) is 0.579. The van der Waals surface area contributed by atoms with E-state index in [1.165, 1.54) is 7.05 Å². The number of hydrogen-bond acceptors (Lipinski definition) is 7. The monoisotopic (exact) mass is 410 g/mol. The SMILES string of the molecule is CCOC(=O)c1c(NC(=O)COC(=O)C2CCCCC2)sc(C(=O)NC)c1C. The third-order valence-electron chi connectivity index (χ3n) is 4.60. The van der Waals surface area contributed by atoms with Gasteiger partial charge in [-0.15, -0.1) is 11.3 Å². The van der Waals surface area contributed by atoms with E-state index in [-0.39, 0.29) is 35.0 Å². The van der Waals surface area contributed by atoms with E-state index in [1.807, 2.05) is 0 Å². The number of hydrogen-bond donors (Lipinski definition) is 2. The zero-order chi connectivity index (χ0) is 20.7. The molecule has 28 heavy (non-hydrogen) atoms. The Hall–Kier alpha value is -2.42. The Morgan fingerprint density at radius 3 is 2.39 bits per heavy atom. The Kier molecular flexibility index (Phi) is 7.98. The molecule has 1 saturated carbocycles. The molecule has 1 heterocycles. The lowest BCUT2D eigenvalue weighted by Crippen LogP contribution is -2.26. The molecule has 9 heteroatoms. The number of carbonyl (C=O) groups is 4. The van der Waals surface area contributed by atoms with Crippen LogP contribution in [0.4, 0.5) is 5.00 Å². The zero-order valence-corrected chi connectivity index (χ0v) is 17.2. The highest BCUT2D eigenvalue weighted by Crippen LogP contribution is 2.33. The molecule has 2 N–H and O–H groups in total. The van der Waals surface area contributed by atoms with Crippen molar-refractivity contribution < 1.29 is 28.7 Å². The van der Waals surface area contributed by atoms with Crippen LogP contribution in [0, 0.1) is 12.8 Å². The third-order valence-corrected chi connectivity index (χ3v) is 5.80. The van der Waals surface area contributed by atoms with Crippen LogP contribution in [0.25, 0.3) is 0 Å². The van der Waals surface area contributed by atoms with E-state index in [2.05, 4.69) is 10.6 Å². The molecule has 1 fully saturated rings. The van der Waals surface area contributed by atoms with Gasteiger partial charge in [0.15, 0.2) is 6.61 Å². The van der Waals surface area contributed by atoms with Gasteiger partial charge in [0.05, 0.1) is 23.0 Å². The van der Waals surface area contributed by atoms with Crippen LogP contribution in [0.15, 0.2) is 0 Å². The summed E-state index contributed by atoms with van der Waals surface area (Å²) in [6.07, 6.45) is 4.67. The van der Waals surface area contributed by atoms with Crippen molar-refractivity contribution in [1.82, 2.24) is 5.32 Å². The van der Waals surface area contributed by atoms with Gasteiger partial charge in [-0.05, 0) is 32.3 Å². The van der Waals surface area contributed by atoms with Gasteiger partial charge in [0.2, 0.25) is 0 Å². The van der Waals surface area contributed by atoms with Gasteiger partial charge in [0.1, 0.15) is 5.00 Å². The molecule has 0 bridgehead atoms. The molecular formula is C19H26N2O6S. The van der Waals surface area contributed by atoms with Gasteiger partial charge in [-0.25, -0.2) is 4.79 Å². The second kappa shape index (κ2) is 10.2. The number of ether oxygens (including phenoxy) is 2. The minimum Gasteiger partial charge on any atom is -0.462 e. The first-order chi connectivity index (χ1) is 13.4. The molecule has 0 aliphatic heterocycles. The summed E-state index contributed by atoms with van der Waals surface area (Å²) in [7, 11) is 1.48. The fourth-order valence-electron chi connectivity index (χ4n) is 3.14. The molecule has 2 amide bonds. The second-order valence-electron chi connectivity index (χ2n) is 6.55. The Labute approximate surface area is 168 Å². The first kappa shape index (κ1) is 21.9. The zero-order valence-electron chi connectivity index (χ0n) is 16.4. The van der Waals surface area contributed by atoms with Crippen molar-refractivity contribution in [2.75, 3.05) is 25.6 Å². The number of esters is 2. The lowest BCUT2D eigenvalue weighted by atomic mass is 9.89. The molecule has 0 radical (unpaired) electrons. The standard InChI is InChI=1S/C19H26N2O6S/c1-4-26-19(25)14-11(2)15(16(23)20-3)28-17(14)21-13(22)10-27-18(24)12-8-6-5-7-9-12/h12H,4-10H2,1-3H3,(H,20,23)(H,21,22). The second-order valence-corrected chi connectivity index (χ2v) is 7.57. The summed E-state index contributed by atoms with van der Waals surface area (Å²) in [6.45, 7) is 3.01. The smallest absolute Gasteiger partial charge is 0.341 e.